The SMILES string of the molecule is C#CCCC(O)C1CN(C)CCO1. The summed E-state index contributed by atoms with van der Waals surface area (Å²) in [6.07, 6.45) is 5.89. The van der Waals surface area contributed by atoms with Gasteiger partial charge in [-0.1, -0.05) is 0 Å². The van der Waals surface area contributed by atoms with E-state index in [0.29, 0.717) is 19.4 Å². The zero-order chi connectivity index (χ0) is 9.68. The van der Waals surface area contributed by atoms with Crippen molar-refractivity contribution in [1.82, 2.24) is 4.90 Å². The summed E-state index contributed by atoms with van der Waals surface area (Å²) in [6.45, 7) is 2.44. The van der Waals surface area contributed by atoms with Gasteiger partial charge in [-0.25, -0.2) is 0 Å². The van der Waals surface area contributed by atoms with Gasteiger partial charge >= 0.3 is 0 Å². The highest BCUT2D eigenvalue weighted by Crippen LogP contribution is 2.11. The summed E-state index contributed by atoms with van der Waals surface area (Å²) in [4.78, 5) is 2.16. The smallest absolute Gasteiger partial charge is 0.0961 e. The number of hydrogen-bond acceptors (Lipinski definition) is 3. The van der Waals surface area contributed by atoms with Gasteiger partial charge in [0.05, 0.1) is 18.8 Å². The van der Waals surface area contributed by atoms with Gasteiger partial charge in [-0.05, 0) is 13.5 Å². The van der Waals surface area contributed by atoms with Crippen molar-refractivity contribution >= 4 is 0 Å². The van der Waals surface area contributed by atoms with Gasteiger partial charge in [0.2, 0.25) is 0 Å². The lowest BCUT2D eigenvalue weighted by molar-refractivity contribution is -0.0844. The van der Waals surface area contributed by atoms with Crippen LogP contribution < -0.4 is 0 Å². The quantitative estimate of drug-likeness (QED) is 0.629. The standard InChI is InChI=1S/C10H17NO2/c1-3-4-5-9(12)10-8-11(2)6-7-13-10/h1,9-10,12H,4-8H2,2H3. The fourth-order valence-electron chi connectivity index (χ4n) is 1.46. The van der Waals surface area contributed by atoms with E-state index in [-0.39, 0.29) is 6.10 Å². The third-order valence-electron chi connectivity index (χ3n) is 2.31. The van der Waals surface area contributed by atoms with E-state index in [4.69, 9.17) is 11.2 Å². The van der Waals surface area contributed by atoms with Crippen molar-refractivity contribution in [3.8, 4) is 12.3 Å². The first-order chi connectivity index (χ1) is 6.24. The van der Waals surface area contributed by atoms with Gasteiger partial charge in [-0.15, -0.1) is 12.3 Å². The Morgan fingerprint density at radius 3 is 3.15 bits per heavy atom. The van der Waals surface area contributed by atoms with Crippen LogP contribution in [0.1, 0.15) is 12.8 Å². The second-order valence-electron chi connectivity index (χ2n) is 3.48. The topological polar surface area (TPSA) is 32.7 Å². The van der Waals surface area contributed by atoms with Crippen molar-refractivity contribution < 1.29 is 9.84 Å². The first-order valence-electron chi connectivity index (χ1n) is 4.65. The van der Waals surface area contributed by atoms with E-state index < -0.39 is 6.10 Å². The van der Waals surface area contributed by atoms with Crippen LogP contribution in [-0.2, 0) is 4.74 Å². The maximum Gasteiger partial charge on any atom is 0.0961 e. The summed E-state index contributed by atoms with van der Waals surface area (Å²) in [7, 11) is 2.03. The van der Waals surface area contributed by atoms with Crippen LogP contribution in [0.3, 0.4) is 0 Å². The summed E-state index contributed by atoms with van der Waals surface area (Å²) >= 11 is 0. The molecule has 0 aromatic carbocycles. The summed E-state index contributed by atoms with van der Waals surface area (Å²) < 4.78 is 5.45. The molecule has 0 bridgehead atoms. The minimum atomic E-state index is -0.418. The molecule has 1 fully saturated rings. The van der Waals surface area contributed by atoms with Gasteiger partial charge < -0.3 is 14.7 Å². The molecule has 1 saturated heterocycles. The normalized spacial score (nSPS) is 26.7. The third-order valence-corrected chi connectivity index (χ3v) is 2.31. The predicted octanol–water partition coefficient (Wildman–Crippen LogP) is 0.0913. The molecule has 1 heterocycles. The van der Waals surface area contributed by atoms with Crippen LogP contribution >= 0.6 is 0 Å². The molecule has 0 aromatic heterocycles. The van der Waals surface area contributed by atoms with Gasteiger partial charge in [0.25, 0.3) is 0 Å². The van der Waals surface area contributed by atoms with E-state index in [9.17, 15) is 5.11 Å². The molecule has 0 aliphatic carbocycles. The zero-order valence-electron chi connectivity index (χ0n) is 8.07. The number of hydrogen-bond donors (Lipinski definition) is 1. The van der Waals surface area contributed by atoms with Crippen LogP contribution in [0.25, 0.3) is 0 Å². The molecule has 13 heavy (non-hydrogen) atoms. The Labute approximate surface area is 79.7 Å². The number of terminal acetylenes is 1. The molecule has 1 aliphatic heterocycles. The van der Waals surface area contributed by atoms with Crippen molar-refractivity contribution in [1.29, 1.82) is 0 Å². The maximum atomic E-state index is 9.68. The Morgan fingerprint density at radius 2 is 2.54 bits per heavy atom. The van der Waals surface area contributed by atoms with Crippen LogP contribution in [0, 0.1) is 12.3 Å². The summed E-state index contributed by atoms with van der Waals surface area (Å²) in [6, 6.07) is 0. The number of morpholine rings is 1. The van der Waals surface area contributed by atoms with Crippen LogP contribution in [0.2, 0.25) is 0 Å². The molecule has 1 N–H and O–H groups in total. The molecule has 1 aliphatic rings. The Bertz CT molecular complexity index is 188. The summed E-state index contributed by atoms with van der Waals surface area (Å²) in [5, 5.41) is 9.68. The fourth-order valence-corrected chi connectivity index (χ4v) is 1.46. The molecule has 2 atom stereocenters. The zero-order valence-corrected chi connectivity index (χ0v) is 8.07. The fraction of sp³-hybridized carbons (Fsp3) is 0.800. The molecule has 0 radical (unpaired) electrons. The second kappa shape index (κ2) is 5.23. The van der Waals surface area contributed by atoms with Gasteiger partial charge in [-0.2, -0.15) is 0 Å². The molecule has 0 aromatic rings. The van der Waals surface area contributed by atoms with E-state index in [1.54, 1.807) is 0 Å². The van der Waals surface area contributed by atoms with Crippen molar-refractivity contribution in [3.63, 3.8) is 0 Å². The average Bonchev–Trinajstić information content (AvgIpc) is 2.14. The highest BCUT2D eigenvalue weighted by Gasteiger charge is 2.24. The van der Waals surface area contributed by atoms with Crippen molar-refractivity contribution in [2.75, 3.05) is 26.7 Å². The summed E-state index contributed by atoms with van der Waals surface area (Å²) in [5.41, 5.74) is 0. The largest absolute Gasteiger partial charge is 0.390 e. The maximum absolute atomic E-state index is 9.68. The highest BCUT2D eigenvalue weighted by molar-refractivity contribution is 4.86. The number of aliphatic hydroxyl groups excluding tert-OH is 1. The Kier molecular flexibility index (Phi) is 4.23. The Hall–Kier alpha value is -0.560. The molecule has 0 saturated carbocycles. The lowest BCUT2D eigenvalue weighted by Gasteiger charge is -2.32. The van der Waals surface area contributed by atoms with Gasteiger partial charge in [-0.3, -0.25) is 0 Å². The van der Waals surface area contributed by atoms with E-state index in [1.807, 2.05) is 7.05 Å². The van der Waals surface area contributed by atoms with Crippen molar-refractivity contribution in [3.05, 3.63) is 0 Å². The van der Waals surface area contributed by atoms with Gasteiger partial charge in [0, 0.05) is 19.5 Å². The molecule has 0 spiro atoms. The molecule has 74 valence electrons. The van der Waals surface area contributed by atoms with Gasteiger partial charge in [0.1, 0.15) is 0 Å². The van der Waals surface area contributed by atoms with Crippen LogP contribution in [0.5, 0.6) is 0 Å². The minimum Gasteiger partial charge on any atom is -0.390 e. The Balaban J connectivity index is 2.29. The molecule has 1 rings (SSSR count). The van der Waals surface area contributed by atoms with Crippen molar-refractivity contribution in [2.45, 2.75) is 25.0 Å². The van der Waals surface area contributed by atoms with Crippen LogP contribution in [0.15, 0.2) is 0 Å². The predicted molar refractivity (Wildman–Crippen MR) is 51.3 cm³/mol. The summed E-state index contributed by atoms with van der Waals surface area (Å²) in [5.74, 6) is 2.52. The first-order valence-corrected chi connectivity index (χ1v) is 4.65. The van der Waals surface area contributed by atoms with Crippen LogP contribution in [0.4, 0.5) is 0 Å². The van der Waals surface area contributed by atoms with E-state index in [2.05, 4.69) is 10.8 Å². The number of rotatable bonds is 3. The lowest BCUT2D eigenvalue weighted by atomic mass is 10.1. The number of aliphatic hydroxyl groups is 1. The molecule has 2 unspecified atom stereocenters. The van der Waals surface area contributed by atoms with Crippen molar-refractivity contribution in [2.24, 2.45) is 0 Å². The molecule has 0 amide bonds. The minimum absolute atomic E-state index is 0.0629. The monoisotopic (exact) mass is 183 g/mol. The van der Waals surface area contributed by atoms with E-state index in [1.165, 1.54) is 0 Å². The second-order valence-corrected chi connectivity index (χ2v) is 3.48. The van der Waals surface area contributed by atoms with E-state index in [0.717, 1.165) is 13.1 Å². The number of ether oxygens (including phenoxy) is 1. The molecule has 3 nitrogen and oxygen atoms in total. The number of likely N-dealkylation sites (N-methyl/N-ethyl adjacent to an activating group) is 1. The van der Waals surface area contributed by atoms with Crippen LogP contribution in [-0.4, -0.2) is 49.0 Å². The molecule has 3 heteroatoms. The van der Waals surface area contributed by atoms with Gasteiger partial charge in [0.15, 0.2) is 0 Å². The number of nitrogens with zero attached hydrogens (tertiary/aromatic N) is 1. The molecular weight excluding hydrogens is 166 g/mol. The highest BCUT2D eigenvalue weighted by atomic mass is 16.5. The van der Waals surface area contributed by atoms with E-state index >= 15 is 0 Å². The first kappa shape index (κ1) is 10.5. The lowest BCUT2D eigenvalue weighted by Crippen LogP contribution is -2.45. The molecular formula is C10H17NO2. The Morgan fingerprint density at radius 1 is 1.77 bits per heavy atom. The average molecular weight is 183 g/mol. The third kappa shape index (κ3) is 3.35.